The van der Waals surface area contributed by atoms with Crippen molar-refractivity contribution in [1.29, 1.82) is 0 Å². The lowest BCUT2D eigenvalue weighted by molar-refractivity contribution is -0.122. The molecule has 30 heavy (non-hydrogen) atoms. The van der Waals surface area contributed by atoms with E-state index in [4.69, 9.17) is 4.74 Å². The standard InChI is InChI=1S/C23H26BrN3O3/c24-20-7-3-1-5-17(20)16-30-21-8-4-2-6-19(21)23(29)27-13-11-26(12-14-27)15-22(28)25-18-9-10-18/h1-8,18H,9-16H2,(H,25,28). The van der Waals surface area contributed by atoms with Crippen LogP contribution in [0.15, 0.2) is 53.0 Å². The van der Waals surface area contributed by atoms with Crippen LogP contribution in [0.4, 0.5) is 0 Å². The lowest BCUT2D eigenvalue weighted by atomic mass is 10.1. The molecule has 0 unspecified atom stereocenters. The van der Waals surface area contributed by atoms with Crippen LogP contribution in [0, 0.1) is 0 Å². The minimum Gasteiger partial charge on any atom is -0.488 e. The molecule has 2 aliphatic rings. The summed E-state index contributed by atoms with van der Waals surface area (Å²) in [4.78, 5) is 29.1. The van der Waals surface area contributed by atoms with E-state index in [9.17, 15) is 9.59 Å². The number of piperazine rings is 1. The van der Waals surface area contributed by atoms with Gasteiger partial charge in [-0.3, -0.25) is 14.5 Å². The van der Waals surface area contributed by atoms with Gasteiger partial charge in [0.05, 0.1) is 12.1 Å². The van der Waals surface area contributed by atoms with Gasteiger partial charge in [0.25, 0.3) is 5.91 Å². The summed E-state index contributed by atoms with van der Waals surface area (Å²) in [6.45, 7) is 3.40. The van der Waals surface area contributed by atoms with Crippen molar-refractivity contribution in [3.05, 3.63) is 64.1 Å². The molecule has 0 atom stereocenters. The highest BCUT2D eigenvalue weighted by Gasteiger charge is 2.27. The van der Waals surface area contributed by atoms with E-state index in [0.29, 0.717) is 56.7 Å². The van der Waals surface area contributed by atoms with Crippen LogP contribution in [0.1, 0.15) is 28.8 Å². The van der Waals surface area contributed by atoms with Crippen molar-refractivity contribution in [2.24, 2.45) is 0 Å². The number of hydrogen-bond acceptors (Lipinski definition) is 4. The molecule has 1 saturated heterocycles. The van der Waals surface area contributed by atoms with Gasteiger partial charge in [-0.2, -0.15) is 0 Å². The van der Waals surface area contributed by atoms with Gasteiger partial charge in [0.15, 0.2) is 0 Å². The van der Waals surface area contributed by atoms with Crippen molar-refractivity contribution in [1.82, 2.24) is 15.1 Å². The maximum Gasteiger partial charge on any atom is 0.257 e. The molecule has 1 saturated carbocycles. The predicted molar refractivity (Wildman–Crippen MR) is 118 cm³/mol. The molecule has 0 radical (unpaired) electrons. The maximum absolute atomic E-state index is 13.1. The monoisotopic (exact) mass is 471 g/mol. The molecule has 4 rings (SSSR count). The third kappa shape index (κ3) is 5.40. The molecule has 0 bridgehead atoms. The summed E-state index contributed by atoms with van der Waals surface area (Å²) in [5.74, 6) is 0.646. The van der Waals surface area contributed by atoms with Gasteiger partial charge in [0.1, 0.15) is 12.4 Å². The van der Waals surface area contributed by atoms with E-state index in [-0.39, 0.29) is 11.8 Å². The smallest absolute Gasteiger partial charge is 0.257 e. The first-order valence-corrected chi connectivity index (χ1v) is 11.2. The summed E-state index contributed by atoms with van der Waals surface area (Å²) in [5.41, 5.74) is 1.60. The molecule has 1 heterocycles. The van der Waals surface area contributed by atoms with Crippen LogP contribution >= 0.6 is 15.9 Å². The van der Waals surface area contributed by atoms with Gasteiger partial charge >= 0.3 is 0 Å². The van der Waals surface area contributed by atoms with Crippen molar-refractivity contribution >= 4 is 27.7 Å². The number of nitrogens with zero attached hydrogens (tertiary/aromatic N) is 2. The fraction of sp³-hybridized carbons (Fsp3) is 0.391. The van der Waals surface area contributed by atoms with E-state index >= 15 is 0 Å². The van der Waals surface area contributed by atoms with Crippen LogP contribution in [0.3, 0.4) is 0 Å². The highest BCUT2D eigenvalue weighted by molar-refractivity contribution is 9.10. The Morgan fingerprint density at radius 1 is 1.00 bits per heavy atom. The molecular weight excluding hydrogens is 446 g/mol. The van der Waals surface area contributed by atoms with E-state index in [1.807, 2.05) is 53.4 Å². The fourth-order valence-corrected chi connectivity index (χ4v) is 3.92. The minimum absolute atomic E-state index is 0.0280. The van der Waals surface area contributed by atoms with E-state index in [2.05, 4.69) is 26.1 Å². The van der Waals surface area contributed by atoms with Crippen molar-refractivity contribution < 1.29 is 14.3 Å². The number of halogens is 1. The van der Waals surface area contributed by atoms with Gasteiger partial charge in [-0.15, -0.1) is 0 Å². The zero-order valence-electron chi connectivity index (χ0n) is 16.9. The summed E-state index contributed by atoms with van der Waals surface area (Å²) >= 11 is 3.53. The van der Waals surface area contributed by atoms with Crippen molar-refractivity contribution in [2.75, 3.05) is 32.7 Å². The molecule has 6 nitrogen and oxygen atoms in total. The first kappa shape index (κ1) is 20.9. The molecule has 7 heteroatoms. The average molecular weight is 472 g/mol. The number of carbonyl (C=O) groups excluding carboxylic acids is 2. The van der Waals surface area contributed by atoms with Crippen LogP contribution < -0.4 is 10.1 Å². The molecule has 1 aliphatic heterocycles. The van der Waals surface area contributed by atoms with Gasteiger partial charge in [0, 0.05) is 42.3 Å². The van der Waals surface area contributed by atoms with Crippen molar-refractivity contribution in [3.63, 3.8) is 0 Å². The fourth-order valence-electron chi connectivity index (χ4n) is 3.52. The Balaban J connectivity index is 1.33. The normalized spacial score (nSPS) is 16.9. The van der Waals surface area contributed by atoms with Gasteiger partial charge in [-0.05, 0) is 31.0 Å². The SMILES string of the molecule is O=C(CN1CCN(C(=O)c2ccccc2OCc2ccccc2Br)CC1)NC1CC1. The number of para-hydroxylation sites is 1. The number of hydrogen-bond donors (Lipinski definition) is 1. The molecule has 0 aromatic heterocycles. The van der Waals surface area contributed by atoms with E-state index in [0.717, 1.165) is 22.9 Å². The van der Waals surface area contributed by atoms with Gasteiger partial charge in [-0.1, -0.05) is 46.3 Å². The molecule has 2 fully saturated rings. The predicted octanol–water partition coefficient (Wildman–Crippen LogP) is 3.06. The van der Waals surface area contributed by atoms with Gasteiger partial charge < -0.3 is 15.0 Å². The minimum atomic E-state index is -0.0280. The Labute approximate surface area is 185 Å². The molecule has 2 amide bonds. The number of ether oxygens (including phenoxy) is 1. The lowest BCUT2D eigenvalue weighted by Crippen LogP contribution is -2.51. The topological polar surface area (TPSA) is 61.9 Å². The summed E-state index contributed by atoms with van der Waals surface area (Å²) in [6.07, 6.45) is 2.19. The molecule has 0 spiro atoms. The summed E-state index contributed by atoms with van der Waals surface area (Å²) in [6, 6.07) is 15.7. The van der Waals surface area contributed by atoms with Crippen LogP contribution in [0.5, 0.6) is 5.75 Å². The quantitative estimate of drug-likeness (QED) is 0.673. The van der Waals surface area contributed by atoms with Crippen LogP contribution in [-0.2, 0) is 11.4 Å². The number of benzene rings is 2. The lowest BCUT2D eigenvalue weighted by Gasteiger charge is -2.34. The zero-order valence-corrected chi connectivity index (χ0v) is 18.4. The Morgan fingerprint density at radius 3 is 2.43 bits per heavy atom. The molecule has 2 aromatic rings. The summed E-state index contributed by atoms with van der Waals surface area (Å²) in [5, 5.41) is 3.02. The van der Waals surface area contributed by atoms with Crippen LogP contribution in [0.2, 0.25) is 0 Å². The first-order valence-electron chi connectivity index (χ1n) is 10.4. The largest absolute Gasteiger partial charge is 0.488 e. The second-order valence-electron chi connectivity index (χ2n) is 7.79. The highest BCUT2D eigenvalue weighted by atomic mass is 79.9. The molecule has 1 aliphatic carbocycles. The van der Waals surface area contributed by atoms with Gasteiger partial charge in [0.2, 0.25) is 5.91 Å². The van der Waals surface area contributed by atoms with Gasteiger partial charge in [-0.25, -0.2) is 0 Å². The Hall–Kier alpha value is -2.38. The van der Waals surface area contributed by atoms with Crippen LogP contribution in [0.25, 0.3) is 0 Å². The third-order valence-corrected chi connectivity index (χ3v) is 6.20. The molecule has 158 valence electrons. The number of amides is 2. The third-order valence-electron chi connectivity index (χ3n) is 5.43. The second-order valence-corrected chi connectivity index (χ2v) is 8.64. The van der Waals surface area contributed by atoms with E-state index in [1.165, 1.54) is 0 Å². The zero-order chi connectivity index (χ0) is 20.9. The number of nitrogens with one attached hydrogen (secondary N) is 1. The Morgan fingerprint density at radius 2 is 1.70 bits per heavy atom. The van der Waals surface area contributed by atoms with Crippen molar-refractivity contribution in [2.45, 2.75) is 25.5 Å². The first-order chi connectivity index (χ1) is 14.6. The van der Waals surface area contributed by atoms with E-state index < -0.39 is 0 Å². The molecule has 2 aromatic carbocycles. The Bertz CT molecular complexity index is 908. The second kappa shape index (κ2) is 9.62. The highest BCUT2D eigenvalue weighted by Crippen LogP contribution is 2.24. The summed E-state index contributed by atoms with van der Waals surface area (Å²) in [7, 11) is 0. The van der Waals surface area contributed by atoms with Crippen molar-refractivity contribution in [3.8, 4) is 5.75 Å². The average Bonchev–Trinajstić information content (AvgIpc) is 3.57. The van der Waals surface area contributed by atoms with Crippen LogP contribution in [-0.4, -0.2) is 60.4 Å². The number of carbonyl (C=O) groups is 2. The van der Waals surface area contributed by atoms with E-state index in [1.54, 1.807) is 0 Å². The molecule has 1 N–H and O–H groups in total. The Kier molecular flexibility index (Phi) is 6.69. The summed E-state index contributed by atoms with van der Waals surface area (Å²) < 4.78 is 6.97. The number of rotatable bonds is 7. The molecular formula is C23H26BrN3O3. The maximum atomic E-state index is 13.1.